The number of rotatable bonds is 3. The number of carbonyl (C=O) groups is 2. The summed E-state index contributed by atoms with van der Waals surface area (Å²) in [5.41, 5.74) is 1.47. The summed E-state index contributed by atoms with van der Waals surface area (Å²) in [6.07, 6.45) is 3.31. The van der Waals surface area contributed by atoms with Crippen molar-refractivity contribution < 1.29 is 14.7 Å². The van der Waals surface area contributed by atoms with Gasteiger partial charge in [-0.05, 0) is 25.3 Å². The van der Waals surface area contributed by atoms with Crippen LogP contribution in [0.5, 0.6) is 0 Å². The van der Waals surface area contributed by atoms with Crippen LogP contribution in [0.1, 0.15) is 19.3 Å². The zero-order chi connectivity index (χ0) is 14.1. The van der Waals surface area contributed by atoms with Gasteiger partial charge in [-0.2, -0.15) is 5.10 Å². The van der Waals surface area contributed by atoms with Crippen molar-refractivity contribution in [1.82, 2.24) is 10.2 Å². The van der Waals surface area contributed by atoms with Crippen molar-refractivity contribution in [2.75, 3.05) is 5.32 Å². The number of aliphatic carboxylic acids is 1. The number of para-hydroxylation sites is 1. The molecule has 1 aliphatic rings. The maximum atomic E-state index is 12.2. The van der Waals surface area contributed by atoms with Gasteiger partial charge in [-0.25, -0.2) is 0 Å². The molecule has 1 aromatic carbocycles. The zero-order valence-corrected chi connectivity index (χ0v) is 10.8. The number of fused-ring (bicyclic) bond motifs is 1. The van der Waals surface area contributed by atoms with Crippen LogP contribution >= 0.6 is 0 Å². The van der Waals surface area contributed by atoms with E-state index in [9.17, 15) is 9.59 Å². The van der Waals surface area contributed by atoms with E-state index in [4.69, 9.17) is 5.11 Å². The van der Waals surface area contributed by atoms with Gasteiger partial charge in [0.05, 0.1) is 23.3 Å². The summed E-state index contributed by atoms with van der Waals surface area (Å²) < 4.78 is 0. The SMILES string of the molecule is O=C(O)C1CCC(C(=O)Nc2cccc3cn[nH]c23)C1. The number of carboxylic acids is 1. The van der Waals surface area contributed by atoms with Gasteiger partial charge in [0.15, 0.2) is 0 Å². The van der Waals surface area contributed by atoms with E-state index in [1.165, 1.54) is 0 Å². The number of nitrogens with one attached hydrogen (secondary N) is 2. The molecule has 1 aliphatic carbocycles. The van der Waals surface area contributed by atoms with Crippen molar-refractivity contribution >= 4 is 28.5 Å². The van der Waals surface area contributed by atoms with E-state index in [0.29, 0.717) is 24.9 Å². The molecule has 3 rings (SSSR count). The topological polar surface area (TPSA) is 95.1 Å². The summed E-state index contributed by atoms with van der Waals surface area (Å²) in [5.74, 6) is -1.55. The van der Waals surface area contributed by atoms with Crippen LogP contribution in [0.2, 0.25) is 0 Å². The van der Waals surface area contributed by atoms with Crippen molar-refractivity contribution in [3.05, 3.63) is 24.4 Å². The van der Waals surface area contributed by atoms with E-state index < -0.39 is 11.9 Å². The summed E-state index contributed by atoms with van der Waals surface area (Å²) in [5, 5.41) is 19.6. The molecule has 0 radical (unpaired) electrons. The predicted molar refractivity (Wildman–Crippen MR) is 73.2 cm³/mol. The number of amides is 1. The first-order valence-electron chi connectivity index (χ1n) is 6.61. The molecule has 1 heterocycles. The van der Waals surface area contributed by atoms with Crippen molar-refractivity contribution in [2.45, 2.75) is 19.3 Å². The van der Waals surface area contributed by atoms with Gasteiger partial charge in [0, 0.05) is 11.3 Å². The molecule has 0 spiro atoms. The normalized spacial score (nSPS) is 22.0. The van der Waals surface area contributed by atoms with Gasteiger partial charge in [0.2, 0.25) is 5.91 Å². The number of hydrogen-bond donors (Lipinski definition) is 3. The average molecular weight is 273 g/mol. The van der Waals surface area contributed by atoms with Crippen LogP contribution in [0, 0.1) is 11.8 Å². The van der Waals surface area contributed by atoms with Crippen LogP contribution in [-0.4, -0.2) is 27.2 Å². The highest BCUT2D eigenvalue weighted by Gasteiger charge is 2.33. The fourth-order valence-electron chi connectivity index (χ4n) is 2.75. The Labute approximate surface area is 115 Å². The molecule has 20 heavy (non-hydrogen) atoms. The smallest absolute Gasteiger partial charge is 0.306 e. The molecule has 2 atom stereocenters. The van der Waals surface area contributed by atoms with E-state index in [2.05, 4.69) is 15.5 Å². The van der Waals surface area contributed by atoms with Crippen LogP contribution in [0.3, 0.4) is 0 Å². The third-order valence-corrected chi connectivity index (χ3v) is 3.89. The maximum Gasteiger partial charge on any atom is 0.306 e. The minimum absolute atomic E-state index is 0.115. The lowest BCUT2D eigenvalue weighted by Crippen LogP contribution is -2.21. The second-order valence-electron chi connectivity index (χ2n) is 5.17. The summed E-state index contributed by atoms with van der Waals surface area (Å²) >= 11 is 0. The lowest BCUT2D eigenvalue weighted by atomic mass is 10.0. The van der Waals surface area contributed by atoms with E-state index >= 15 is 0 Å². The third kappa shape index (κ3) is 2.24. The monoisotopic (exact) mass is 273 g/mol. The summed E-state index contributed by atoms with van der Waals surface area (Å²) in [4.78, 5) is 23.1. The van der Waals surface area contributed by atoms with Gasteiger partial charge in [0.1, 0.15) is 0 Å². The molecular formula is C14H15N3O3. The standard InChI is InChI=1S/C14H15N3O3/c18-13(8-4-5-9(6-8)14(19)20)16-11-3-1-2-10-7-15-17-12(10)11/h1-3,7-9H,4-6H2,(H,15,17)(H,16,18)(H,19,20). The Morgan fingerprint density at radius 3 is 2.85 bits per heavy atom. The average Bonchev–Trinajstić information content (AvgIpc) is 3.08. The quantitative estimate of drug-likeness (QED) is 0.797. The number of aromatic amines is 1. The van der Waals surface area contributed by atoms with Gasteiger partial charge >= 0.3 is 5.97 Å². The lowest BCUT2D eigenvalue weighted by Gasteiger charge is -2.11. The Bertz CT molecular complexity index is 664. The molecule has 3 N–H and O–H groups in total. The minimum atomic E-state index is -0.809. The van der Waals surface area contributed by atoms with Crippen LogP contribution in [0.4, 0.5) is 5.69 Å². The first-order valence-corrected chi connectivity index (χ1v) is 6.61. The Morgan fingerprint density at radius 1 is 1.30 bits per heavy atom. The summed E-state index contributed by atoms with van der Waals surface area (Å²) in [7, 11) is 0. The molecule has 1 amide bonds. The van der Waals surface area contributed by atoms with Crippen molar-refractivity contribution in [2.24, 2.45) is 11.8 Å². The number of aromatic nitrogens is 2. The highest BCUT2D eigenvalue weighted by Crippen LogP contribution is 2.32. The largest absolute Gasteiger partial charge is 0.481 e. The second kappa shape index (κ2) is 4.96. The van der Waals surface area contributed by atoms with Gasteiger partial charge in [-0.3, -0.25) is 14.7 Å². The van der Waals surface area contributed by atoms with E-state index in [1.807, 2.05) is 18.2 Å². The molecule has 6 heteroatoms. The van der Waals surface area contributed by atoms with Crippen LogP contribution in [0.15, 0.2) is 24.4 Å². The number of hydrogen-bond acceptors (Lipinski definition) is 3. The van der Waals surface area contributed by atoms with Crippen LogP contribution in [-0.2, 0) is 9.59 Å². The molecule has 0 aliphatic heterocycles. The number of nitrogens with zero attached hydrogens (tertiary/aromatic N) is 1. The van der Waals surface area contributed by atoms with Crippen molar-refractivity contribution in [3.8, 4) is 0 Å². The summed E-state index contributed by atoms with van der Waals surface area (Å²) in [6.45, 7) is 0. The van der Waals surface area contributed by atoms with Crippen LogP contribution < -0.4 is 5.32 Å². The number of carboxylic acid groups (broad SMARTS) is 1. The van der Waals surface area contributed by atoms with Gasteiger partial charge < -0.3 is 10.4 Å². The van der Waals surface area contributed by atoms with Crippen molar-refractivity contribution in [1.29, 1.82) is 0 Å². The lowest BCUT2D eigenvalue weighted by molar-refractivity contribution is -0.141. The first-order chi connectivity index (χ1) is 9.65. The second-order valence-corrected chi connectivity index (χ2v) is 5.17. The highest BCUT2D eigenvalue weighted by atomic mass is 16.4. The third-order valence-electron chi connectivity index (χ3n) is 3.89. The molecule has 0 bridgehead atoms. The number of H-pyrrole nitrogens is 1. The van der Waals surface area contributed by atoms with Crippen LogP contribution in [0.25, 0.3) is 10.9 Å². The number of anilines is 1. The molecule has 1 fully saturated rings. The molecule has 0 saturated heterocycles. The fourth-order valence-corrected chi connectivity index (χ4v) is 2.75. The highest BCUT2D eigenvalue weighted by molar-refractivity contribution is 6.01. The van der Waals surface area contributed by atoms with E-state index in [-0.39, 0.29) is 11.8 Å². The Hall–Kier alpha value is -2.37. The molecule has 1 saturated carbocycles. The van der Waals surface area contributed by atoms with Crippen molar-refractivity contribution in [3.63, 3.8) is 0 Å². The number of carbonyl (C=O) groups excluding carboxylic acids is 1. The predicted octanol–water partition coefficient (Wildman–Crippen LogP) is 2.00. The molecule has 2 aromatic rings. The van der Waals surface area contributed by atoms with E-state index in [0.717, 1.165) is 10.9 Å². The zero-order valence-electron chi connectivity index (χ0n) is 10.8. The van der Waals surface area contributed by atoms with Gasteiger partial charge in [-0.15, -0.1) is 0 Å². The molecule has 104 valence electrons. The molecule has 1 aromatic heterocycles. The number of benzene rings is 1. The summed E-state index contributed by atoms with van der Waals surface area (Å²) in [6, 6.07) is 5.56. The molecular weight excluding hydrogens is 258 g/mol. The maximum absolute atomic E-state index is 12.2. The molecule has 2 unspecified atom stereocenters. The first kappa shape index (κ1) is 12.7. The Kier molecular flexibility index (Phi) is 3.14. The Balaban J connectivity index is 1.73. The minimum Gasteiger partial charge on any atom is -0.481 e. The molecule has 6 nitrogen and oxygen atoms in total. The van der Waals surface area contributed by atoms with Gasteiger partial charge in [0.25, 0.3) is 0 Å². The van der Waals surface area contributed by atoms with Gasteiger partial charge in [-0.1, -0.05) is 12.1 Å². The Morgan fingerprint density at radius 2 is 2.10 bits per heavy atom. The van der Waals surface area contributed by atoms with E-state index in [1.54, 1.807) is 6.20 Å². The fraction of sp³-hybridized carbons (Fsp3) is 0.357.